The van der Waals surface area contributed by atoms with E-state index in [0.29, 0.717) is 6.42 Å². The number of allylic oxidation sites excluding steroid dienone is 1. The Morgan fingerprint density at radius 2 is 1.25 bits per heavy atom. The first-order valence-corrected chi connectivity index (χ1v) is 11.9. The van der Waals surface area contributed by atoms with Gasteiger partial charge in [0.1, 0.15) is 6.10 Å². The van der Waals surface area contributed by atoms with Crippen molar-refractivity contribution in [1.82, 2.24) is 0 Å². The smallest absolute Gasteiger partial charge is 0.162 e. The van der Waals surface area contributed by atoms with Crippen LogP contribution in [-0.4, -0.2) is 34.2 Å². The predicted molar refractivity (Wildman–Crippen MR) is 119 cm³/mol. The van der Waals surface area contributed by atoms with Gasteiger partial charge >= 0.3 is 0 Å². The molecule has 0 aromatic carbocycles. The van der Waals surface area contributed by atoms with E-state index < -0.39 is 18.2 Å². The molecule has 0 aromatic rings. The van der Waals surface area contributed by atoms with Crippen LogP contribution in [0.4, 0.5) is 0 Å². The largest absolute Gasteiger partial charge is 0.387 e. The number of hydrogen-bond donors (Lipinski definition) is 3. The zero-order valence-corrected chi connectivity index (χ0v) is 18.6. The van der Waals surface area contributed by atoms with E-state index in [1.807, 2.05) is 6.08 Å². The second-order valence-electron chi connectivity index (χ2n) is 8.19. The number of Topliss-reactive ketones (excluding diaryl/α,β-unsaturated/α-hetero) is 1. The summed E-state index contributed by atoms with van der Waals surface area (Å²) >= 11 is 0. The molecule has 4 N–H and O–H groups in total. The van der Waals surface area contributed by atoms with Gasteiger partial charge in [-0.1, -0.05) is 103 Å². The Hall–Kier alpha value is -0.710. The number of carbonyl (C=O) groups is 1. The topological polar surface area (TPSA) is 83.6 Å². The molecule has 0 aromatic heterocycles. The third-order valence-electron chi connectivity index (χ3n) is 5.42. The molecule has 0 radical (unpaired) electrons. The van der Waals surface area contributed by atoms with Crippen LogP contribution in [0.1, 0.15) is 117 Å². The molecule has 3 atom stereocenters. The van der Waals surface area contributed by atoms with E-state index in [4.69, 9.17) is 5.73 Å². The Kier molecular flexibility index (Phi) is 19.1. The van der Waals surface area contributed by atoms with Crippen molar-refractivity contribution in [2.75, 3.05) is 0 Å². The molecule has 28 heavy (non-hydrogen) atoms. The van der Waals surface area contributed by atoms with Gasteiger partial charge < -0.3 is 15.9 Å². The first kappa shape index (κ1) is 27.3. The summed E-state index contributed by atoms with van der Waals surface area (Å²) in [6.45, 7) is 4.32. The first-order valence-electron chi connectivity index (χ1n) is 11.9. The van der Waals surface area contributed by atoms with E-state index in [0.717, 1.165) is 32.1 Å². The number of ketones is 1. The van der Waals surface area contributed by atoms with E-state index in [2.05, 4.69) is 13.8 Å². The van der Waals surface area contributed by atoms with Crippen LogP contribution < -0.4 is 5.73 Å². The lowest BCUT2D eigenvalue weighted by molar-refractivity contribution is -0.129. The van der Waals surface area contributed by atoms with Crippen LogP contribution in [0.2, 0.25) is 0 Å². The van der Waals surface area contributed by atoms with Gasteiger partial charge in [-0.15, -0.1) is 0 Å². The molecule has 166 valence electrons. The number of aliphatic hydroxyl groups is 2. The molecular formula is C24H47NO3. The van der Waals surface area contributed by atoms with E-state index in [-0.39, 0.29) is 5.78 Å². The van der Waals surface area contributed by atoms with Crippen molar-refractivity contribution in [2.45, 2.75) is 135 Å². The van der Waals surface area contributed by atoms with Crippen LogP contribution in [0.5, 0.6) is 0 Å². The zero-order chi connectivity index (χ0) is 21.0. The van der Waals surface area contributed by atoms with Crippen LogP contribution in [0.15, 0.2) is 12.2 Å². The van der Waals surface area contributed by atoms with Crippen LogP contribution in [0.25, 0.3) is 0 Å². The molecule has 0 fully saturated rings. The quantitative estimate of drug-likeness (QED) is 0.189. The Bertz CT molecular complexity index is 384. The molecule has 0 saturated heterocycles. The average molecular weight is 398 g/mol. The van der Waals surface area contributed by atoms with Gasteiger partial charge in [0.25, 0.3) is 0 Å². The van der Waals surface area contributed by atoms with Crippen LogP contribution in [-0.2, 0) is 4.79 Å². The fourth-order valence-electron chi connectivity index (χ4n) is 3.39. The second kappa shape index (κ2) is 19.6. The highest BCUT2D eigenvalue weighted by Crippen LogP contribution is 2.12. The van der Waals surface area contributed by atoms with Crippen molar-refractivity contribution in [2.24, 2.45) is 5.73 Å². The molecule has 0 amide bonds. The molecule has 0 saturated carbocycles. The average Bonchev–Trinajstić information content (AvgIpc) is 2.70. The molecule has 0 spiro atoms. The Labute approximate surface area is 174 Å². The van der Waals surface area contributed by atoms with Crippen molar-refractivity contribution in [3.8, 4) is 0 Å². The monoisotopic (exact) mass is 397 g/mol. The molecule has 0 bridgehead atoms. The van der Waals surface area contributed by atoms with Gasteiger partial charge in [-0.3, -0.25) is 4.79 Å². The van der Waals surface area contributed by atoms with Gasteiger partial charge in [0, 0.05) is 6.42 Å². The fraction of sp³-hybridized carbons (Fsp3) is 0.875. The van der Waals surface area contributed by atoms with E-state index in [1.165, 1.54) is 64.2 Å². The molecule has 1 unspecified atom stereocenters. The van der Waals surface area contributed by atoms with Gasteiger partial charge in [-0.05, 0) is 19.3 Å². The lowest BCUT2D eigenvalue weighted by Gasteiger charge is -2.21. The minimum absolute atomic E-state index is 0.265. The number of unbranched alkanes of at least 4 members (excludes halogenated alkanes) is 13. The number of carbonyl (C=O) groups excluding carboxylic acids is 1. The van der Waals surface area contributed by atoms with Crippen molar-refractivity contribution in [3.63, 3.8) is 0 Å². The maximum Gasteiger partial charge on any atom is 0.162 e. The molecule has 0 rings (SSSR count). The standard InChI is InChI=1S/C24H47NO3/c1-3-5-7-8-9-10-11-12-13-14-15-16-18-19-21(26)23(25)24(28)22(27)20-17-6-4-2/h18-19,21,23-24,26,28H,3-17,20,25H2,1-2H3/b19-18+/t21-,23-,24?/m1/s1. The number of aliphatic hydroxyl groups excluding tert-OH is 2. The Balaban J connectivity index is 3.68. The van der Waals surface area contributed by atoms with Crippen molar-refractivity contribution < 1.29 is 15.0 Å². The van der Waals surface area contributed by atoms with Crippen LogP contribution >= 0.6 is 0 Å². The highest BCUT2D eigenvalue weighted by atomic mass is 16.3. The lowest BCUT2D eigenvalue weighted by atomic mass is 9.98. The fourth-order valence-corrected chi connectivity index (χ4v) is 3.39. The first-order chi connectivity index (χ1) is 13.5. The van der Waals surface area contributed by atoms with E-state index in [1.54, 1.807) is 6.08 Å². The summed E-state index contributed by atoms with van der Waals surface area (Å²) < 4.78 is 0. The molecule has 4 heteroatoms. The van der Waals surface area contributed by atoms with Gasteiger partial charge in [0.2, 0.25) is 0 Å². The summed E-state index contributed by atoms with van der Waals surface area (Å²) in [5.41, 5.74) is 5.84. The minimum Gasteiger partial charge on any atom is -0.387 e. The van der Waals surface area contributed by atoms with E-state index >= 15 is 0 Å². The Morgan fingerprint density at radius 3 is 1.79 bits per heavy atom. The maximum atomic E-state index is 11.9. The SMILES string of the molecule is CCCCCCCCCCCCC/C=C/[C@@H](O)[C@@H](N)C(O)C(=O)CCCCC. The molecule has 0 aliphatic carbocycles. The Morgan fingerprint density at radius 1 is 0.786 bits per heavy atom. The summed E-state index contributed by atoms with van der Waals surface area (Å²) in [5.74, 6) is -0.265. The van der Waals surface area contributed by atoms with Crippen molar-refractivity contribution in [1.29, 1.82) is 0 Å². The highest BCUT2D eigenvalue weighted by Gasteiger charge is 2.26. The number of rotatable bonds is 20. The van der Waals surface area contributed by atoms with Gasteiger partial charge in [-0.25, -0.2) is 0 Å². The summed E-state index contributed by atoms with van der Waals surface area (Å²) in [4.78, 5) is 11.9. The number of nitrogens with two attached hydrogens (primary N) is 1. The molecule has 0 heterocycles. The van der Waals surface area contributed by atoms with Gasteiger partial charge in [0.05, 0.1) is 12.1 Å². The number of hydrogen-bond acceptors (Lipinski definition) is 4. The summed E-state index contributed by atoms with van der Waals surface area (Å²) in [7, 11) is 0. The van der Waals surface area contributed by atoms with Crippen LogP contribution in [0, 0.1) is 0 Å². The maximum absolute atomic E-state index is 11.9. The highest BCUT2D eigenvalue weighted by molar-refractivity contribution is 5.83. The molecule has 4 nitrogen and oxygen atoms in total. The van der Waals surface area contributed by atoms with Gasteiger partial charge in [0.15, 0.2) is 5.78 Å². The normalized spacial score (nSPS) is 15.0. The predicted octanol–water partition coefficient (Wildman–Crippen LogP) is 5.44. The van der Waals surface area contributed by atoms with Crippen molar-refractivity contribution in [3.05, 3.63) is 12.2 Å². The van der Waals surface area contributed by atoms with E-state index in [9.17, 15) is 15.0 Å². The molecular weight excluding hydrogens is 350 g/mol. The van der Waals surface area contributed by atoms with Gasteiger partial charge in [-0.2, -0.15) is 0 Å². The zero-order valence-electron chi connectivity index (χ0n) is 18.6. The molecule has 0 aliphatic heterocycles. The lowest BCUT2D eigenvalue weighted by Crippen LogP contribution is -2.47. The third-order valence-corrected chi connectivity index (χ3v) is 5.42. The minimum atomic E-state index is -1.28. The second-order valence-corrected chi connectivity index (χ2v) is 8.19. The summed E-state index contributed by atoms with van der Waals surface area (Å²) in [5, 5.41) is 20.1. The third kappa shape index (κ3) is 15.2. The van der Waals surface area contributed by atoms with Crippen LogP contribution in [0.3, 0.4) is 0 Å². The summed E-state index contributed by atoms with van der Waals surface area (Å²) in [6.07, 6.45) is 19.8. The van der Waals surface area contributed by atoms with Crippen molar-refractivity contribution >= 4 is 5.78 Å². The molecule has 0 aliphatic rings. The summed E-state index contributed by atoms with van der Waals surface area (Å²) in [6, 6.07) is -0.942.